The van der Waals surface area contributed by atoms with Gasteiger partial charge >= 0.3 is 6.09 Å². The summed E-state index contributed by atoms with van der Waals surface area (Å²) in [6, 6.07) is 9.75. The van der Waals surface area contributed by atoms with Crippen LogP contribution >= 0.6 is 0 Å². The van der Waals surface area contributed by atoms with Gasteiger partial charge in [-0.3, -0.25) is 0 Å². The van der Waals surface area contributed by atoms with Crippen molar-refractivity contribution in [1.82, 2.24) is 4.90 Å². The molecule has 98 valence electrons. The Morgan fingerprint density at radius 1 is 1.44 bits per heavy atom. The normalized spacial score (nSPS) is 23.8. The highest BCUT2D eigenvalue weighted by Gasteiger charge is 2.27. The Kier molecular flexibility index (Phi) is 4.20. The number of hydrogen-bond donors (Lipinski definition) is 1. The van der Waals surface area contributed by atoms with E-state index in [4.69, 9.17) is 10.5 Å². The molecule has 1 aliphatic rings. The first kappa shape index (κ1) is 12.9. The van der Waals surface area contributed by atoms with Crippen molar-refractivity contribution in [2.75, 3.05) is 13.1 Å². The Labute approximate surface area is 108 Å². The summed E-state index contributed by atoms with van der Waals surface area (Å²) in [5, 5.41) is 0. The molecule has 1 amide bonds. The van der Waals surface area contributed by atoms with Gasteiger partial charge in [-0.1, -0.05) is 37.3 Å². The van der Waals surface area contributed by atoms with Gasteiger partial charge in [0.05, 0.1) is 0 Å². The lowest BCUT2D eigenvalue weighted by atomic mass is 9.95. The van der Waals surface area contributed by atoms with Crippen molar-refractivity contribution in [2.45, 2.75) is 26.0 Å². The first-order valence-corrected chi connectivity index (χ1v) is 6.38. The van der Waals surface area contributed by atoms with Gasteiger partial charge in [0.2, 0.25) is 0 Å². The summed E-state index contributed by atoms with van der Waals surface area (Å²) < 4.78 is 5.28. The Bertz CT molecular complexity index is 394. The number of benzene rings is 1. The topological polar surface area (TPSA) is 55.6 Å². The van der Waals surface area contributed by atoms with Gasteiger partial charge in [-0.15, -0.1) is 0 Å². The van der Waals surface area contributed by atoms with Gasteiger partial charge in [0.1, 0.15) is 6.61 Å². The number of piperidine rings is 1. The number of ether oxygens (including phenoxy) is 1. The van der Waals surface area contributed by atoms with E-state index in [1.165, 1.54) is 0 Å². The number of amides is 1. The van der Waals surface area contributed by atoms with Crippen molar-refractivity contribution in [3.8, 4) is 0 Å². The van der Waals surface area contributed by atoms with Crippen molar-refractivity contribution in [1.29, 1.82) is 0 Å². The predicted molar refractivity (Wildman–Crippen MR) is 70.0 cm³/mol. The lowest BCUT2D eigenvalue weighted by Crippen LogP contribution is -2.49. The molecule has 1 aromatic carbocycles. The number of nitrogens with zero attached hydrogens (tertiary/aromatic N) is 1. The molecule has 4 heteroatoms. The van der Waals surface area contributed by atoms with Gasteiger partial charge in [0, 0.05) is 19.1 Å². The number of carbonyl (C=O) groups is 1. The first-order chi connectivity index (χ1) is 8.66. The van der Waals surface area contributed by atoms with E-state index >= 15 is 0 Å². The third-order valence-electron chi connectivity index (χ3n) is 3.48. The van der Waals surface area contributed by atoms with Crippen molar-refractivity contribution < 1.29 is 9.53 Å². The molecular weight excluding hydrogens is 228 g/mol. The second kappa shape index (κ2) is 5.87. The summed E-state index contributed by atoms with van der Waals surface area (Å²) >= 11 is 0. The van der Waals surface area contributed by atoms with Gasteiger partial charge in [-0.2, -0.15) is 0 Å². The van der Waals surface area contributed by atoms with E-state index in [1.807, 2.05) is 30.3 Å². The highest BCUT2D eigenvalue weighted by Crippen LogP contribution is 2.16. The van der Waals surface area contributed by atoms with Crippen LogP contribution in [0.1, 0.15) is 18.9 Å². The summed E-state index contributed by atoms with van der Waals surface area (Å²) in [6.45, 7) is 3.77. The van der Waals surface area contributed by atoms with Crippen LogP contribution in [0.5, 0.6) is 0 Å². The fourth-order valence-electron chi connectivity index (χ4n) is 2.08. The van der Waals surface area contributed by atoms with Crippen LogP contribution in [0.3, 0.4) is 0 Å². The molecule has 18 heavy (non-hydrogen) atoms. The maximum Gasteiger partial charge on any atom is 0.410 e. The molecule has 4 nitrogen and oxygen atoms in total. The molecule has 0 radical (unpaired) electrons. The average Bonchev–Trinajstić information content (AvgIpc) is 2.40. The smallest absolute Gasteiger partial charge is 0.410 e. The molecule has 2 N–H and O–H groups in total. The summed E-state index contributed by atoms with van der Waals surface area (Å²) in [6.07, 6.45) is 0.683. The molecule has 1 fully saturated rings. The third-order valence-corrected chi connectivity index (χ3v) is 3.48. The maximum absolute atomic E-state index is 11.9. The molecule has 0 spiro atoms. The second-order valence-corrected chi connectivity index (χ2v) is 4.92. The summed E-state index contributed by atoms with van der Waals surface area (Å²) in [7, 11) is 0. The van der Waals surface area contributed by atoms with Gasteiger partial charge in [0.15, 0.2) is 0 Å². The zero-order chi connectivity index (χ0) is 13.0. The number of rotatable bonds is 2. The molecule has 1 heterocycles. The first-order valence-electron chi connectivity index (χ1n) is 6.38. The van der Waals surface area contributed by atoms with Crippen LogP contribution in [-0.2, 0) is 11.3 Å². The average molecular weight is 248 g/mol. The molecule has 1 aliphatic heterocycles. The largest absolute Gasteiger partial charge is 0.445 e. The Hall–Kier alpha value is -1.55. The molecule has 0 bridgehead atoms. The van der Waals surface area contributed by atoms with Gasteiger partial charge in [-0.25, -0.2) is 4.79 Å². The van der Waals surface area contributed by atoms with Crippen LogP contribution in [0.15, 0.2) is 30.3 Å². The van der Waals surface area contributed by atoms with E-state index in [9.17, 15) is 4.79 Å². The predicted octanol–water partition coefficient (Wildman–Crippen LogP) is 1.99. The highest BCUT2D eigenvalue weighted by atomic mass is 16.6. The Morgan fingerprint density at radius 3 is 2.83 bits per heavy atom. The summed E-state index contributed by atoms with van der Waals surface area (Å²) in [5.74, 6) is 0.475. The highest BCUT2D eigenvalue weighted by molar-refractivity contribution is 5.67. The van der Waals surface area contributed by atoms with Crippen LogP contribution in [0.25, 0.3) is 0 Å². The number of likely N-dealkylation sites (tertiary alicyclic amines) is 1. The second-order valence-electron chi connectivity index (χ2n) is 4.92. The molecule has 1 saturated heterocycles. The van der Waals surface area contributed by atoms with Crippen LogP contribution in [0.4, 0.5) is 4.79 Å². The van der Waals surface area contributed by atoms with Gasteiger partial charge < -0.3 is 15.4 Å². The molecule has 0 aromatic heterocycles. The van der Waals surface area contributed by atoms with Crippen molar-refractivity contribution >= 4 is 6.09 Å². The minimum Gasteiger partial charge on any atom is -0.445 e. The van der Waals surface area contributed by atoms with E-state index in [1.54, 1.807) is 4.90 Å². The Morgan fingerprint density at radius 2 is 2.17 bits per heavy atom. The standard InChI is InChI=1S/C14H20N2O2/c1-11-7-8-16(9-13(11)15)14(17)18-10-12-5-3-2-4-6-12/h2-6,11,13H,7-10,15H2,1H3/t11-,13+/m1/s1. The third kappa shape index (κ3) is 3.23. The molecule has 0 aliphatic carbocycles. The van der Waals surface area contributed by atoms with Crippen molar-refractivity contribution in [2.24, 2.45) is 11.7 Å². The van der Waals surface area contributed by atoms with Gasteiger partial charge in [0.25, 0.3) is 0 Å². The van der Waals surface area contributed by atoms with Crippen LogP contribution in [0.2, 0.25) is 0 Å². The summed E-state index contributed by atoms with van der Waals surface area (Å²) in [5.41, 5.74) is 6.96. The minimum atomic E-state index is -0.263. The zero-order valence-corrected chi connectivity index (χ0v) is 10.7. The van der Waals surface area contributed by atoms with E-state index < -0.39 is 0 Å². The lowest BCUT2D eigenvalue weighted by Gasteiger charge is -2.34. The van der Waals surface area contributed by atoms with E-state index in [-0.39, 0.29) is 12.1 Å². The molecular formula is C14H20N2O2. The zero-order valence-electron chi connectivity index (χ0n) is 10.7. The number of nitrogens with two attached hydrogens (primary N) is 1. The fraction of sp³-hybridized carbons (Fsp3) is 0.500. The quantitative estimate of drug-likeness (QED) is 0.870. The van der Waals surface area contributed by atoms with E-state index in [0.29, 0.717) is 19.1 Å². The molecule has 0 unspecified atom stereocenters. The molecule has 2 rings (SSSR count). The van der Waals surface area contributed by atoms with Crippen LogP contribution in [-0.4, -0.2) is 30.1 Å². The van der Waals surface area contributed by atoms with E-state index in [0.717, 1.165) is 18.5 Å². The monoisotopic (exact) mass is 248 g/mol. The fourth-order valence-corrected chi connectivity index (χ4v) is 2.08. The molecule has 0 saturated carbocycles. The Balaban J connectivity index is 1.82. The maximum atomic E-state index is 11.9. The van der Waals surface area contributed by atoms with Gasteiger partial charge in [-0.05, 0) is 17.9 Å². The van der Waals surface area contributed by atoms with Crippen LogP contribution < -0.4 is 5.73 Å². The van der Waals surface area contributed by atoms with Crippen molar-refractivity contribution in [3.63, 3.8) is 0 Å². The molecule has 2 atom stereocenters. The van der Waals surface area contributed by atoms with Crippen LogP contribution in [0, 0.1) is 5.92 Å². The van der Waals surface area contributed by atoms with Crippen molar-refractivity contribution in [3.05, 3.63) is 35.9 Å². The number of hydrogen-bond acceptors (Lipinski definition) is 3. The number of carbonyl (C=O) groups excluding carboxylic acids is 1. The lowest BCUT2D eigenvalue weighted by molar-refractivity contribution is 0.0787. The minimum absolute atomic E-state index is 0.0584. The van der Waals surface area contributed by atoms with E-state index in [2.05, 4.69) is 6.92 Å². The molecule has 1 aromatic rings. The summed E-state index contributed by atoms with van der Waals surface area (Å²) in [4.78, 5) is 13.6. The SMILES string of the molecule is C[C@@H]1CCN(C(=O)OCc2ccccc2)C[C@@H]1N.